The van der Waals surface area contributed by atoms with Gasteiger partial charge in [-0.15, -0.1) is 0 Å². The van der Waals surface area contributed by atoms with Gasteiger partial charge < -0.3 is 20.3 Å². The van der Waals surface area contributed by atoms with Crippen LogP contribution in [0.15, 0.2) is 18.2 Å². The molecular weight excluding hydrogens is 222 g/mol. The van der Waals surface area contributed by atoms with Crippen molar-refractivity contribution in [2.45, 2.75) is 26.1 Å². The monoisotopic (exact) mass is 239 g/mol. The SMILES string of the molecule is CCC(Oc1ccc(CO)cc1OC)C(N)=O. The Morgan fingerprint density at radius 1 is 1.47 bits per heavy atom. The molecule has 0 aliphatic heterocycles. The Kier molecular flexibility index (Phi) is 4.78. The summed E-state index contributed by atoms with van der Waals surface area (Å²) in [6, 6.07) is 5.00. The van der Waals surface area contributed by atoms with Gasteiger partial charge >= 0.3 is 0 Å². The van der Waals surface area contributed by atoms with E-state index >= 15 is 0 Å². The minimum atomic E-state index is -0.677. The second kappa shape index (κ2) is 6.10. The van der Waals surface area contributed by atoms with E-state index in [2.05, 4.69) is 0 Å². The van der Waals surface area contributed by atoms with Gasteiger partial charge in [0.25, 0.3) is 5.91 Å². The van der Waals surface area contributed by atoms with Gasteiger partial charge in [0, 0.05) is 0 Å². The van der Waals surface area contributed by atoms with Crippen LogP contribution in [0.25, 0.3) is 0 Å². The van der Waals surface area contributed by atoms with Gasteiger partial charge in [0.2, 0.25) is 0 Å². The highest BCUT2D eigenvalue weighted by Crippen LogP contribution is 2.29. The zero-order valence-corrected chi connectivity index (χ0v) is 9.97. The molecule has 0 aliphatic carbocycles. The highest BCUT2D eigenvalue weighted by molar-refractivity contribution is 5.79. The zero-order chi connectivity index (χ0) is 12.8. The number of benzene rings is 1. The third kappa shape index (κ3) is 3.35. The minimum absolute atomic E-state index is 0.0797. The van der Waals surface area contributed by atoms with E-state index in [9.17, 15) is 4.79 Å². The fourth-order valence-electron chi connectivity index (χ4n) is 1.40. The Balaban J connectivity index is 2.93. The number of amides is 1. The third-order valence-electron chi connectivity index (χ3n) is 2.37. The van der Waals surface area contributed by atoms with Crippen LogP contribution in [0.2, 0.25) is 0 Å². The average molecular weight is 239 g/mol. The Morgan fingerprint density at radius 2 is 2.18 bits per heavy atom. The number of rotatable bonds is 6. The fraction of sp³-hybridized carbons (Fsp3) is 0.417. The number of ether oxygens (including phenoxy) is 2. The summed E-state index contributed by atoms with van der Waals surface area (Å²) in [6.07, 6.45) is -0.191. The van der Waals surface area contributed by atoms with Gasteiger partial charge in [-0.3, -0.25) is 4.79 Å². The summed E-state index contributed by atoms with van der Waals surface area (Å²) in [5.74, 6) is 0.396. The predicted molar refractivity (Wildman–Crippen MR) is 62.8 cm³/mol. The standard InChI is InChI=1S/C12H17NO4/c1-3-9(12(13)15)17-10-5-4-8(7-14)6-11(10)16-2/h4-6,9,14H,3,7H2,1-2H3,(H2,13,15). The highest BCUT2D eigenvalue weighted by Gasteiger charge is 2.17. The van der Waals surface area contributed by atoms with Gasteiger partial charge in [-0.1, -0.05) is 13.0 Å². The zero-order valence-electron chi connectivity index (χ0n) is 9.97. The Labute approximate surface area is 100 Å². The van der Waals surface area contributed by atoms with E-state index in [0.29, 0.717) is 23.5 Å². The molecule has 1 rings (SSSR count). The summed E-state index contributed by atoms with van der Waals surface area (Å²) in [7, 11) is 1.49. The van der Waals surface area contributed by atoms with Crippen LogP contribution in [0.1, 0.15) is 18.9 Å². The molecule has 0 bridgehead atoms. The summed E-state index contributed by atoms with van der Waals surface area (Å²) in [4.78, 5) is 11.1. The first kappa shape index (κ1) is 13.3. The number of carbonyl (C=O) groups excluding carboxylic acids is 1. The molecule has 5 heteroatoms. The molecule has 0 saturated carbocycles. The van der Waals surface area contributed by atoms with E-state index in [0.717, 1.165) is 0 Å². The molecule has 0 saturated heterocycles. The van der Waals surface area contributed by atoms with Crippen LogP contribution in [0, 0.1) is 0 Å². The van der Waals surface area contributed by atoms with E-state index < -0.39 is 12.0 Å². The number of hydrogen-bond acceptors (Lipinski definition) is 4. The quantitative estimate of drug-likeness (QED) is 0.770. The normalized spacial score (nSPS) is 11.9. The lowest BCUT2D eigenvalue weighted by molar-refractivity contribution is -0.124. The van der Waals surface area contributed by atoms with Gasteiger partial charge in [0.15, 0.2) is 17.6 Å². The van der Waals surface area contributed by atoms with Gasteiger partial charge in [0.05, 0.1) is 13.7 Å². The van der Waals surface area contributed by atoms with Crippen molar-refractivity contribution in [1.29, 1.82) is 0 Å². The summed E-state index contributed by atoms with van der Waals surface area (Å²) < 4.78 is 10.6. The number of carbonyl (C=O) groups is 1. The lowest BCUT2D eigenvalue weighted by Gasteiger charge is -2.16. The molecule has 3 N–H and O–H groups in total. The number of aliphatic hydroxyl groups is 1. The first-order valence-electron chi connectivity index (χ1n) is 5.36. The maximum absolute atomic E-state index is 11.1. The lowest BCUT2D eigenvalue weighted by Crippen LogP contribution is -2.33. The molecule has 0 aromatic heterocycles. The van der Waals surface area contributed by atoms with Crippen molar-refractivity contribution >= 4 is 5.91 Å². The fourth-order valence-corrected chi connectivity index (χ4v) is 1.40. The third-order valence-corrected chi connectivity index (χ3v) is 2.37. The highest BCUT2D eigenvalue weighted by atomic mass is 16.5. The Hall–Kier alpha value is -1.75. The Morgan fingerprint density at radius 3 is 2.65 bits per heavy atom. The van der Waals surface area contributed by atoms with Crippen LogP contribution in [0.3, 0.4) is 0 Å². The van der Waals surface area contributed by atoms with Gasteiger partial charge in [-0.2, -0.15) is 0 Å². The lowest BCUT2D eigenvalue weighted by atomic mass is 10.2. The molecule has 0 spiro atoms. The molecule has 94 valence electrons. The molecule has 0 heterocycles. The molecule has 0 fully saturated rings. The minimum Gasteiger partial charge on any atom is -0.493 e. The Bertz CT molecular complexity index is 392. The van der Waals surface area contributed by atoms with Crippen molar-refractivity contribution in [2.75, 3.05) is 7.11 Å². The second-order valence-corrected chi connectivity index (χ2v) is 3.56. The first-order valence-corrected chi connectivity index (χ1v) is 5.36. The van der Waals surface area contributed by atoms with Crippen molar-refractivity contribution in [2.24, 2.45) is 5.73 Å². The molecular formula is C12H17NO4. The van der Waals surface area contributed by atoms with E-state index in [1.165, 1.54) is 7.11 Å². The molecule has 5 nitrogen and oxygen atoms in total. The molecule has 0 aliphatic rings. The maximum atomic E-state index is 11.1. The molecule has 0 radical (unpaired) electrons. The van der Waals surface area contributed by atoms with E-state index in [1.807, 2.05) is 6.92 Å². The van der Waals surface area contributed by atoms with Crippen LogP contribution >= 0.6 is 0 Å². The molecule has 1 atom stereocenters. The van der Waals surface area contributed by atoms with Crippen molar-refractivity contribution in [1.82, 2.24) is 0 Å². The van der Waals surface area contributed by atoms with Gasteiger partial charge in [-0.05, 0) is 24.1 Å². The molecule has 17 heavy (non-hydrogen) atoms. The molecule has 1 amide bonds. The summed E-state index contributed by atoms with van der Waals surface area (Å²) in [6.45, 7) is 1.73. The first-order chi connectivity index (χ1) is 8.12. The average Bonchev–Trinajstić information content (AvgIpc) is 2.35. The summed E-state index contributed by atoms with van der Waals surface area (Å²) >= 11 is 0. The van der Waals surface area contributed by atoms with Crippen molar-refractivity contribution in [3.63, 3.8) is 0 Å². The van der Waals surface area contributed by atoms with Crippen molar-refractivity contribution < 1.29 is 19.4 Å². The van der Waals surface area contributed by atoms with Crippen LogP contribution in [0.5, 0.6) is 11.5 Å². The number of nitrogens with two attached hydrogens (primary N) is 1. The number of hydrogen-bond donors (Lipinski definition) is 2. The van der Waals surface area contributed by atoms with Crippen LogP contribution in [-0.2, 0) is 11.4 Å². The van der Waals surface area contributed by atoms with E-state index in [4.69, 9.17) is 20.3 Å². The number of methoxy groups -OCH3 is 1. The number of aliphatic hydroxyl groups excluding tert-OH is 1. The maximum Gasteiger partial charge on any atom is 0.258 e. The molecule has 1 aromatic carbocycles. The van der Waals surface area contributed by atoms with Crippen LogP contribution in [-0.4, -0.2) is 24.2 Å². The van der Waals surface area contributed by atoms with Crippen molar-refractivity contribution in [3.8, 4) is 11.5 Å². The van der Waals surface area contributed by atoms with Gasteiger partial charge in [-0.25, -0.2) is 0 Å². The van der Waals surface area contributed by atoms with E-state index in [-0.39, 0.29) is 6.61 Å². The van der Waals surface area contributed by atoms with Crippen molar-refractivity contribution in [3.05, 3.63) is 23.8 Å². The topological polar surface area (TPSA) is 81.8 Å². The summed E-state index contributed by atoms with van der Waals surface area (Å²) in [5.41, 5.74) is 5.91. The smallest absolute Gasteiger partial charge is 0.258 e. The second-order valence-electron chi connectivity index (χ2n) is 3.56. The summed E-state index contributed by atoms with van der Waals surface area (Å²) in [5, 5.41) is 8.99. The predicted octanol–water partition coefficient (Wildman–Crippen LogP) is 0.830. The number of primary amides is 1. The van der Waals surface area contributed by atoms with Crippen LogP contribution in [0.4, 0.5) is 0 Å². The van der Waals surface area contributed by atoms with Crippen LogP contribution < -0.4 is 15.2 Å². The molecule has 1 aromatic rings. The largest absolute Gasteiger partial charge is 0.493 e. The van der Waals surface area contributed by atoms with E-state index in [1.54, 1.807) is 18.2 Å². The molecule has 1 unspecified atom stereocenters. The van der Waals surface area contributed by atoms with Gasteiger partial charge in [0.1, 0.15) is 0 Å².